The number of likely N-dealkylation sites (N-methyl/N-ethyl adjacent to an activating group) is 1. The van der Waals surface area contributed by atoms with Gasteiger partial charge in [0.05, 0.1) is 6.04 Å². The standard InChI is InChI=1S/C17H35N3O2/c1-5-20(6-2)15(11-13(3)4)12-19-17(21)16(18)14-7-9-22-10-8-14/h13-16H,5-12,18H2,1-4H3,(H,19,21). The van der Waals surface area contributed by atoms with Gasteiger partial charge in [0, 0.05) is 25.8 Å². The monoisotopic (exact) mass is 313 g/mol. The maximum Gasteiger partial charge on any atom is 0.237 e. The van der Waals surface area contributed by atoms with E-state index in [0.717, 1.165) is 45.6 Å². The van der Waals surface area contributed by atoms with Crippen LogP contribution in [0.1, 0.15) is 47.0 Å². The van der Waals surface area contributed by atoms with Gasteiger partial charge in [-0.3, -0.25) is 9.69 Å². The summed E-state index contributed by atoms with van der Waals surface area (Å²) in [7, 11) is 0. The number of amides is 1. The van der Waals surface area contributed by atoms with Gasteiger partial charge in [0.25, 0.3) is 0 Å². The predicted octanol–water partition coefficient (Wildman–Crippen LogP) is 1.61. The highest BCUT2D eigenvalue weighted by molar-refractivity contribution is 5.81. The molecule has 1 aliphatic heterocycles. The molecule has 0 aromatic heterocycles. The maximum absolute atomic E-state index is 12.3. The van der Waals surface area contributed by atoms with Gasteiger partial charge < -0.3 is 15.8 Å². The van der Waals surface area contributed by atoms with Crippen LogP contribution in [-0.4, -0.2) is 55.7 Å². The minimum atomic E-state index is -0.402. The molecule has 130 valence electrons. The van der Waals surface area contributed by atoms with E-state index >= 15 is 0 Å². The first kappa shape index (κ1) is 19.4. The molecule has 0 saturated carbocycles. The first-order valence-electron chi connectivity index (χ1n) is 8.84. The van der Waals surface area contributed by atoms with Gasteiger partial charge in [-0.15, -0.1) is 0 Å². The van der Waals surface area contributed by atoms with E-state index < -0.39 is 6.04 Å². The van der Waals surface area contributed by atoms with E-state index in [1.54, 1.807) is 0 Å². The number of nitrogens with zero attached hydrogens (tertiary/aromatic N) is 1. The van der Waals surface area contributed by atoms with Crippen molar-refractivity contribution in [3.63, 3.8) is 0 Å². The summed E-state index contributed by atoms with van der Waals surface area (Å²) in [4.78, 5) is 14.8. The molecule has 1 heterocycles. The Morgan fingerprint density at radius 3 is 2.36 bits per heavy atom. The highest BCUT2D eigenvalue weighted by Crippen LogP contribution is 2.18. The van der Waals surface area contributed by atoms with Crippen LogP contribution in [0, 0.1) is 11.8 Å². The minimum absolute atomic E-state index is 0.00666. The predicted molar refractivity (Wildman–Crippen MR) is 90.7 cm³/mol. The molecule has 1 rings (SSSR count). The second-order valence-corrected chi connectivity index (χ2v) is 6.73. The highest BCUT2D eigenvalue weighted by atomic mass is 16.5. The molecular weight excluding hydrogens is 278 g/mol. The van der Waals surface area contributed by atoms with Crippen molar-refractivity contribution in [2.24, 2.45) is 17.6 Å². The van der Waals surface area contributed by atoms with E-state index in [1.165, 1.54) is 0 Å². The van der Waals surface area contributed by atoms with Crippen LogP contribution in [-0.2, 0) is 9.53 Å². The van der Waals surface area contributed by atoms with Crippen molar-refractivity contribution in [2.75, 3.05) is 32.8 Å². The van der Waals surface area contributed by atoms with Gasteiger partial charge in [-0.25, -0.2) is 0 Å². The molecule has 0 bridgehead atoms. The minimum Gasteiger partial charge on any atom is -0.381 e. The Kier molecular flexibility index (Phi) is 8.98. The number of rotatable bonds is 9. The Morgan fingerprint density at radius 1 is 1.27 bits per heavy atom. The normalized spacial score (nSPS) is 19.4. The van der Waals surface area contributed by atoms with Crippen molar-refractivity contribution >= 4 is 5.91 Å². The van der Waals surface area contributed by atoms with E-state index in [2.05, 4.69) is 37.9 Å². The van der Waals surface area contributed by atoms with Crippen molar-refractivity contribution < 1.29 is 9.53 Å². The molecule has 1 amide bonds. The molecule has 0 aliphatic carbocycles. The molecule has 0 aromatic carbocycles. The fourth-order valence-electron chi connectivity index (χ4n) is 3.27. The summed E-state index contributed by atoms with van der Waals surface area (Å²) in [5, 5.41) is 3.09. The van der Waals surface area contributed by atoms with Crippen LogP contribution in [0.2, 0.25) is 0 Å². The Hall–Kier alpha value is -0.650. The van der Waals surface area contributed by atoms with Gasteiger partial charge in [-0.1, -0.05) is 27.7 Å². The summed E-state index contributed by atoms with van der Waals surface area (Å²) in [5.74, 6) is 0.866. The van der Waals surface area contributed by atoms with E-state index in [0.29, 0.717) is 18.5 Å². The zero-order valence-electron chi connectivity index (χ0n) is 14.8. The van der Waals surface area contributed by atoms with Crippen LogP contribution in [0.4, 0.5) is 0 Å². The summed E-state index contributed by atoms with van der Waals surface area (Å²) in [5.41, 5.74) is 6.14. The van der Waals surface area contributed by atoms with Crippen LogP contribution in [0.25, 0.3) is 0 Å². The van der Waals surface area contributed by atoms with Crippen LogP contribution in [0.15, 0.2) is 0 Å². The van der Waals surface area contributed by atoms with Crippen molar-refractivity contribution in [1.29, 1.82) is 0 Å². The Morgan fingerprint density at radius 2 is 1.86 bits per heavy atom. The Balaban J connectivity index is 2.49. The molecule has 2 unspecified atom stereocenters. The maximum atomic E-state index is 12.3. The number of ether oxygens (including phenoxy) is 1. The topological polar surface area (TPSA) is 67.6 Å². The highest BCUT2D eigenvalue weighted by Gasteiger charge is 2.27. The molecule has 5 nitrogen and oxygen atoms in total. The average molecular weight is 313 g/mol. The third kappa shape index (κ3) is 6.23. The zero-order valence-corrected chi connectivity index (χ0v) is 14.8. The lowest BCUT2D eigenvalue weighted by atomic mass is 9.91. The smallest absolute Gasteiger partial charge is 0.237 e. The van der Waals surface area contributed by atoms with Gasteiger partial charge in [0.2, 0.25) is 5.91 Å². The molecule has 22 heavy (non-hydrogen) atoms. The fourth-order valence-corrected chi connectivity index (χ4v) is 3.27. The first-order valence-corrected chi connectivity index (χ1v) is 8.84. The number of carbonyl (C=O) groups excluding carboxylic acids is 1. The van der Waals surface area contributed by atoms with Gasteiger partial charge in [0.15, 0.2) is 0 Å². The number of nitrogens with one attached hydrogen (secondary N) is 1. The first-order chi connectivity index (χ1) is 10.5. The average Bonchev–Trinajstić information content (AvgIpc) is 2.52. The van der Waals surface area contributed by atoms with Crippen LogP contribution < -0.4 is 11.1 Å². The Labute approximate surface area is 135 Å². The molecular formula is C17H35N3O2. The molecule has 1 fully saturated rings. The summed E-state index contributed by atoms with van der Waals surface area (Å²) < 4.78 is 5.34. The molecule has 0 spiro atoms. The SMILES string of the molecule is CCN(CC)C(CNC(=O)C(N)C1CCOCC1)CC(C)C. The lowest BCUT2D eigenvalue weighted by Gasteiger charge is -2.32. The van der Waals surface area contributed by atoms with Crippen LogP contribution in [0.5, 0.6) is 0 Å². The van der Waals surface area contributed by atoms with Gasteiger partial charge in [-0.2, -0.15) is 0 Å². The van der Waals surface area contributed by atoms with Crippen molar-refractivity contribution in [3.05, 3.63) is 0 Å². The quantitative estimate of drug-likeness (QED) is 0.679. The van der Waals surface area contributed by atoms with Gasteiger partial charge in [0.1, 0.15) is 0 Å². The van der Waals surface area contributed by atoms with E-state index in [1.807, 2.05) is 0 Å². The van der Waals surface area contributed by atoms with Crippen LogP contribution >= 0.6 is 0 Å². The number of hydrogen-bond acceptors (Lipinski definition) is 4. The third-order valence-corrected chi connectivity index (χ3v) is 4.66. The summed E-state index contributed by atoms with van der Waals surface area (Å²) in [6.45, 7) is 13.0. The number of nitrogens with two attached hydrogens (primary N) is 1. The second kappa shape index (κ2) is 10.2. The van der Waals surface area contributed by atoms with Gasteiger partial charge in [-0.05, 0) is 44.2 Å². The molecule has 0 aromatic rings. The second-order valence-electron chi connectivity index (χ2n) is 6.73. The van der Waals surface area contributed by atoms with Gasteiger partial charge >= 0.3 is 0 Å². The molecule has 3 N–H and O–H groups in total. The largest absolute Gasteiger partial charge is 0.381 e. The summed E-state index contributed by atoms with van der Waals surface area (Å²) in [6, 6.07) is -0.0128. The van der Waals surface area contributed by atoms with Crippen LogP contribution in [0.3, 0.4) is 0 Å². The van der Waals surface area contributed by atoms with E-state index in [-0.39, 0.29) is 11.8 Å². The number of hydrogen-bond donors (Lipinski definition) is 2. The lowest BCUT2D eigenvalue weighted by Crippen LogP contribution is -2.51. The molecule has 1 saturated heterocycles. The summed E-state index contributed by atoms with van der Waals surface area (Å²) in [6.07, 6.45) is 2.87. The van der Waals surface area contributed by atoms with E-state index in [4.69, 9.17) is 10.5 Å². The summed E-state index contributed by atoms with van der Waals surface area (Å²) >= 11 is 0. The molecule has 2 atom stereocenters. The third-order valence-electron chi connectivity index (χ3n) is 4.66. The molecule has 5 heteroatoms. The van der Waals surface area contributed by atoms with Crippen molar-refractivity contribution in [3.8, 4) is 0 Å². The number of carbonyl (C=O) groups is 1. The molecule has 1 aliphatic rings. The lowest BCUT2D eigenvalue weighted by molar-refractivity contribution is -0.124. The van der Waals surface area contributed by atoms with Crippen molar-refractivity contribution in [1.82, 2.24) is 10.2 Å². The zero-order chi connectivity index (χ0) is 16.5. The molecule has 0 radical (unpaired) electrons. The van der Waals surface area contributed by atoms with Crippen molar-refractivity contribution in [2.45, 2.75) is 59.0 Å². The Bertz CT molecular complexity index is 313. The van der Waals surface area contributed by atoms with E-state index in [9.17, 15) is 4.79 Å². The fraction of sp³-hybridized carbons (Fsp3) is 0.941.